The third kappa shape index (κ3) is 4.12. The highest BCUT2D eigenvalue weighted by molar-refractivity contribution is 6.30. The van der Waals surface area contributed by atoms with Crippen LogP contribution in [-0.4, -0.2) is 19.1 Å². The van der Waals surface area contributed by atoms with Crippen molar-refractivity contribution >= 4 is 23.2 Å². The Bertz CT molecular complexity index is 828. The fraction of sp³-hybridized carbons (Fsp3) is 0.350. The van der Waals surface area contributed by atoms with Crippen LogP contribution in [0, 0.1) is 6.92 Å². The molecule has 0 bridgehead atoms. The molecule has 0 saturated carbocycles. The maximum Gasteiger partial charge on any atom is 0.416 e. The third-order valence-corrected chi connectivity index (χ3v) is 5.23. The van der Waals surface area contributed by atoms with Gasteiger partial charge >= 0.3 is 6.18 Å². The second kappa shape index (κ2) is 7.52. The second-order valence-corrected chi connectivity index (χ2v) is 7.12. The molecule has 0 spiro atoms. The van der Waals surface area contributed by atoms with Gasteiger partial charge in [0.1, 0.15) is 0 Å². The largest absolute Gasteiger partial charge is 0.416 e. The Hall–Kier alpha value is -2.05. The lowest BCUT2D eigenvalue weighted by atomic mass is 9.73. The van der Waals surface area contributed by atoms with Crippen molar-refractivity contribution in [2.24, 2.45) is 0 Å². The van der Waals surface area contributed by atoms with Crippen LogP contribution in [-0.2, 0) is 21.1 Å². The molecule has 2 aromatic carbocycles. The van der Waals surface area contributed by atoms with Gasteiger partial charge in [0, 0.05) is 23.9 Å². The van der Waals surface area contributed by atoms with E-state index in [9.17, 15) is 18.0 Å². The van der Waals surface area contributed by atoms with Crippen molar-refractivity contribution in [2.75, 3.05) is 18.5 Å². The number of halogens is 4. The van der Waals surface area contributed by atoms with Crippen molar-refractivity contribution in [3.05, 3.63) is 64.2 Å². The molecule has 1 aliphatic rings. The van der Waals surface area contributed by atoms with Crippen LogP contribution in [0.3, 0.4) is 0 Å². The van der Waals surface area contributed by atoms with Crippen LogP contribution < -0.4 is 5.32 Å². The Labute approximate surface area is 160 Å². The monoisotopic (exact) mass is 397 g/mol. The summed E-state index contributed by atoms with van der Waals surface area (Å²) in [5, 5.41) is 3.23. The van der Waals surface area contributed by atoms with Gasteiger partial charge in [-0.3, -0.25) is 4.79 Å². The molecule has 0 aliphatic carbocycles. The molecule has 0 atom stereocenters. The van der Waals surface area contributed by atoms with E-state index in [1.807, 2.05) is 0 Å². The Balaban J connectivity index is 1.93. The Morgan fingerprint density at radius 1 is 1.11 bits per heavy atom. The van der Waals surface area contributed by atoms with Crippen molar-refractivity contribution < 1.29 is 22.7 Å². The molecule has 3 rings (SSSR count). The highest BCUT2D eigenvalue weighted by Gasteiger charge is 2.42. The molecule has 0 aromatic heterocycles. The van der Waals surface area contributed by atoms with Gasteiger partial charge in [0.15, 0.2) is 0 Å². The molecule has 0 radical (unpaired) electrons. The minimum absolute atomic E-state index is 0.110. The molecule has 7 heteroatoms. The zero-order chi connectivity index (χ0) is 19.7. The van der Waals surface area contributed by atoms with Crippen molar-refractivity contribution in [2.45, 2.75) is 31.4 Å². The molecule has 1 amide bonds. The normalized spacial score (nSPS) is 16.8. The number of benzene rings is 2. The summed E-state index contributed by atoms with van der Waals surface area (Å²) in [4.78, 5) is 13.1. The molecule has 1 heterocycles. The first-order valence-corrected chi connectivity index (χ1v) is 8.93. The predicted octanol–water partition coefficient (Wildman–Crippen LogP) is 5.35. The minimum Gasteiger partial charge on any atom is -0.381 e. The van der Waals surface area contributed by atoms with Gasteiger partial charge in [-0.25, -0.2) is 0 Å². The lowest BCUT2D eigenvalue weighted by molar-refractivity contribution is -0.138. The van der Waals surface area contributed by atoms with Crippen LogP contribution >= 0.6 is 11.6 Å². The number of hydrogen-bond donors (Lipinski definition) is 1. The van der Waals surface area contributed by atoms with Crippen molar-refractivity contribution in [3.63, 3.8) is 0 Å². The molecule has 144 valence electrons. The molecular weight excluding hydrogens is 379 g/mol. The smallest absolute Gasteiger partial charge is 0.381 e. The summed E-state index contributed by atoms with van der Waals surface area (Å²) in [7, 11) is 0. The number of amides is 1. The van der Waals surface area contributed by atoms with Gasteiger partial charge in [-0.15, -0.1) is 0 Å². The minimum atomic E-state index is -4.47. The van der Waals surface area contributed by atoms with Crippen LogP contribution in [0.2, 0.25) is 5.02 Å². The molecule has 1 saturated heterocycles. The first-order chi connectivity index (χ1) is 12.7. The summed E-state index contributed by atoms with van der Waals surface area (Å²) in [5.41, 5.74) is -0.619. The van der Waals surface area contributed by atoms with Crippen molar-refractivity contribution in [1.29, 1.82) is 0 Å². The van der Waals surface area contributed by atoms with E-state index in [1.165, 1.54) is 19.1 Å². The summed E-state index contributed by atoms with van der Waals surface area (Å²) in [5.74, 6) is -0.342. The topological polar surface area (TPSA) is 38.3 Å². The van der Waals surface area contributed by atoms with Gasteiger partial charge in [0.05, 0.1) is 11.0 Å². The summed E-state index contributed by atoms with van der Waals surface area (Å²) in [6, 6.07) is 10.8. The number of anilines is 1. The second-order valence-electron chi connectivity index (χ2n) is 6.68. The van der Waals surface area contributed by atoms with Gasteiger partial charge in [-0.1, -0.05) is 29.8 Å². The van der Waals surface area contributed by atoms with Crippen LogP contribution in [0.4, 0.5) is 18.9 Å². The maximum absolute atomic E-state index is 13.2. The molecule has 1 fully saturated rings. The molecule has 2 aromatic rings. The summed E-state index contributed by atoms with van der Waals surface area (Å²) < 4.78 is 44.9. The van der Waals surface area contributed by atoms with E-state index >= 15 is 0 Å². The number of hydrogen-bond acceptors (Lipinski definition) is 2. The number of carbonyl (C=O) groups is 1. The van der Waals surface area contributed by atoms with Crippen LogP contribution in [0.1, 0.15) is 29.5 Å². The third-order valence-electron chi connectivity index (χ3n) is 4.98. The van der Waals surface area contributed by atoms with E-state index < -0.39 is 17.2 Å². The quantitative estimate of drug-likeness (QED) is 0.757. The molecular formula is C20H19ClF3NO2. The van der Waals surface area contributed by atoms with Crippen LogP contribution in [0.15, 0.2) is 42.5 Å². The lowest BCUT2D eigenvalue weighted by Gasteiger charge is -2.36. The van der Waals surface area contributed by atoms with Crippen molar-refractivity contribution in [1.82, 2.24) is 0 Å². The van der Waals surface area contributed by atoms with E-state index in [0.717, 1.165) is 11.6 Å². The molecule has 27 heavy (non-hydrogen) atoms. The SMILES string of the molecule is Cc1ccc(NC(=O)C2(c3ccc(Cl)cc3)CCOCC2)cc1C(F)(F)F. The summed E-state index contributed by atoms with van der Waals surface area (Å²) in [6.07, 6.45) is -3.59. The average molecular weight is 398 g/mol. The first-order valence-electron chi connectivity index (χ1n) is 8.55. The van der Waals surface area contributed by atoms with Gasteiger partial charge < -0.3 is 10.1 Å². The van der Waals surface area contributed by atoms with E-state index in [0.29, 0.717) is 31.1 Å². The fourth-order valence-electron chi connectivity index (χ4n) is 3.39. The van der Waals surface area contributed by atoms with Gasteiger partial charge in [0.2, 0.25) is 5.91 Å². The number of aryl methyl sites for hydroxylation is 1. The first kappa shape index (κ1) is 19.7. The van der Waals surface area contributed by atoms with Gasteiger partial charge in [-0.2, -0.15) is 13.2 Å². The van der Waals surface area contributed by atoms with Crippen molar-refractivity contribution in [3.8, 4) is 0 Å². The fourth-order valence-corrected chi connectivity index (χ4v) is 3.52. The van der Waals surface area contributed by atoms with E-state index in [2.05, 4.69) is 5.32 Å². The highest BCUT2D eigenvalue weighted by atomic mass is 35.5. The zero-order valence-electron chi connectivity index (χ0n) is 14.7. The lowest BCUT2D eigenvalue weighted by Crippen LogP contribution is -2.44. The Morgan fingerprint density at radius 2 is 1.74 bits per heavy atom. The Morgan fingerprint density at radius 3 is 2.33 bits per heavy atom. The maximum atomic E-state index is 13.2. The predicted molar refractivity (Wildman–Crippen MR) is 98.0 cm³/mol. The van der Waals surface area contributed by atoms with Crippen LogP contribution in [0.5, 0.6) is 0 Å². The summed E-state index contributed by atoms with van der Waals surface area (Å²) in [6.45, 7) is 2.19. The van der Waals surface area contributed by atoms with Gasteiger partial charge in [0.25, 0.3) is 0 Å². The standard InChI is InChI=1S/C20H19ClF3NO2/c1-13-2-7-16(12-17(13)20(22,23)24)25-18(26)19(8-10-27-11-9-19)14-3-5-15(21)6-4-14/h2-7,12H,8-11H2,1H3,(H,25,26). The molecule has 1 N–H and O–H groups in total. The number of ether oxygens (including phenoxy) is 1. The molecule has 0 unspecified atom stereocenters. The van der Waals surface area contributed by atoms with E-state index in [-0.39, 0.29) is 17.2 Å². The number of nitrogens with one attached hydrogen (secondary N) is 1. The molecule has 3 nitrogen and oxygen atoms in total. The number of rotatable bonds is 3. The van der Waals surface area contributed by atoms with E-state index in [4.69, 9.17) is 16.3 Å². The molecule has 1 aliphatic heterocycles. The van der Waals surface area contributed by atoms with Gasteiger partial charge in [-0.05, 0) is 55.2 Å². The highest BCUT2D eigenvalue weighted by Crippen LogP contribution is 2.38. The van der Waals surface area contributed by atoms with Crippen LogP contribution in [0.25, 0.3) is 0 Å². The number of carbonyl (C=O) groups excluding carboxylic acids is 1. The van der Waals surface area contributed by atoms with E-state index in [1.54, 1.807) is 24.3 Å². The number of alkyl halides is 3. The Kier molecular flexibility index (Phi) is 5.49. The average Bonchev–Trinajstić information content (AvgIpc) is 2.63. The zero-order valence-corrected chi connectivity index (χ0v) is 15.5. The summed E-state index contributed by atoms with van der Waals surface area (Å²) >= 11 is 5.95.